The second-order valence-corrected chi connectivity index (χ2v) is 7.90. The van der Waals surface area contributed by atoms with Crippen molar-refractivity contribution in [2.75, 3.05) is 6.61 Å². The zero-order valence-corrected chi connectivity index (χ0v) is 16.7. The van der Waals surface area contributed by atoms with Crippen LogP contribution in [0.3, 0.4) is 0 Å². The smallest absolute Gasteiger partial charge is 0.163 e. The molecule has 4 rings (SSSR count). The number of aliphatic hydroxyl groups excluding tert-OH is 5. The first-order chi connectivity index (χ1) is 14.4. The van der Waals surface area contributed by atoms with Crippen molar-refractivity contribution >= 4 is 10.9 Å². The normalized spacial score (nSPS) is 26.9. The van der Waals surface area contributed by atoms with E-state index in [1.807, 2.05) is 55.6 Å². The third kappa shape index (κ3) is 3.65. The molecule has 0 bridgehead atoms. The molecule has 1 fully saturated rings. The summed E-state index contributed by atoms with van der Waals surface area (Å²) in [6.07, 6.45) is -3.56. The molecule has 0 radical (unpaired) electrons. The van der Waals surface area contributed by atoms with Crippen LogP contribution in [0.25, 0.3) is 10.9 Å². The molecular formula is C23H27NO6. The number of hydrogen-bond donors (Lipinski definition) is 5. The minimum Gasteiger partial charge on any atom is -0.394 e. The maximum Gasteiger partial charge on any atom is 0.163 e. The third-order valence-corrected chi connectivity index (χ3v) is 5.89. The highest BCUT2D eigenvalue weighted by Gasteiger charge is 2.44. The number of ether oxygens (including phenoxy) is 1. The fraction of sp³-hybridized carbons (Fsp3) is 0.391. The Kier molecular flexibility index (Phi) is 5.92. The van der Waals surface area contributed by atoms with E-state index in [-0.39, 0.29) is 6.61 Å². The Morgan fingerprint density at radius 3 is 2.27 bits per heavy atom. The van der Waals surface area contributed by atoms with Crippen LogP contribution in [-0.4, -0.2) is 61.1 Å². The Morgan fingerprint density at radius 2 is 1.60 bits per heavy atom. The summed E-state index contributed by atoms with van der Waals surface area (Å²) in [4.78, 5) is 0. The van der Waals surface area contributed by atoms with Crippen molar-refractivity contribution < 1.29 is 30.3 Å². The van der Waals surface area contributed by atoms with Crippen LogP contribution in [0.2, 0.25) is 0 Å². The van der Waals surface area contributed by atoms with E-state index >= 15 is 0 Å². The molecule has 0 spiro atoms. The summed E-state index contributed by atoms with van der Waals surface area (Å²) in [6, 6.07) is 13.6. The molecule has 1 aliphatic rings. The molecule has 5 N–H and O–H groups in total. The van der Waals surface area contributed by atoms with Crippen molar-refractivity contribution in [3.63, 3.8) is 0 Å². The van der Waals surface area contributed by atoms with Gasteiger partial charge in [0, 0.05) is 11.6 Å². The minimum atomic E-state index is -1.43. The van der Waals surface area contributed by atoms with Crippen LogP contribution in [0.15, 0.2) is 48.7 Å². The molecule has 5 atom stereocenters. The summed E-state index contributed by atoms with van der Waals surface area (Å²) in [5.74, 6) is 0. The minimum absolute atomic E-state index is 0.00416. The molecular weight excluding hydrogens is 386 g/mol. The van der Waals surface area contributed by atoms with Gasteiger partial charge in [-0.2, -0.15) is 0 Å². The van der Waals surface area contributed by atoms with Crippen LogP contribution < -0.4 is 0 Å². The fourth-order valence-electron chi connectivity index (χ4n) is 4.23. The van der Waals surface area contributed by atoms with Crippen molar-refractivity contribution in [3.05, 3.63) is 70.9 Å². The molecule has 2 heterocycles. The topological polar surface area (TPSA) is 115 Å². The summed E-state index contributed by atoms with van der Waals surface area (Å²) in [5, 5.41) is 50.7. The number of benzene rings is 2. The molecule has 1 saturated heterocycles. The fourth-order valence-corrected chi connectivity index (χ4v) is 4.23. The lowest BCUT2D eigenvalue weighted by atomic mass is 9.98. The zero-order chi connectivity index (χ0) is 21.4. The third-order valence-electron chi connectivity index (χ3n) is 5.89. The number of aliphatic hydroxyl groups is 5. The van der Waals surface area contributed by atoms with Crippen LogP contribution in [0.4, 0.5) is 0 Å². The Balaban J connectivity index is 1.76. The number of hydrogen-bond acceptors (Lipinski definition) is 6. The molecule has 160 valence electrons. The lowest BCUT2D eigenvalue weighted by Gasteiger charge is -2.40. The summed E-state index contributed by atoms with van der Waals surface area (Å²) in [7, 11) is 0. The van der Waals surface area contributed by atoms with E-state index < -0.39 is 37.3 Å². The highest BCUT2D eigenvalue weighted by atomic mass is 16.6. The van der Waals surface area contributed by atoms with Crippen LogP contribution in [0, 0.1) is 6.92 Å². The maximum absolute atomic E-state index is 10.6. The largest absolute Gasteiger partial charge is 0.394 e. The average molecular weight is 413 g/mol. The van der Waals surface area contributed by atoms with Gasteiger partial charge in [-0.1, -0.05) is 36.4 Å². The van der Waals surface area contributed by atoms with Gasteiger partial charge in [0.2, 0.25) is 0 Å². The number of rotatable bonds is 5. The van der Waals surface area contributed by atoms with Crippen molar-refractivity contribution in [2.24, 2.45) is 0 Å². The number of aryl methyl sites for hydroxylation is 1. The van der Waals surface area contributed by atoms with E-state index in [0.717, 1.165) is 33.2 Å². The molecule has 0 saturated carbocycles. The number of aromatic nitrogens is 1. The first-order valence-corrected chi connectivity index (χ1v) is 10.0. The van der Waals surface area contributed by atoms with Gasteiger partial charge in [-0.3, -0.25) is 0 Å². The molecule has 1 aliphatic heterocycles. The van der Waals surface area contributed by atoms with Gasteiger partial charge in [0.15, 0.2) is 6.23 Å². The second-order valence-electron chi connectivity index (χ2n) is 7.90. The zero-order valence-electron chi connectivity index (χ0n) is 16.7. The Hall–Kier alpha value is -2.26. The van der Waals surface area contributed by atoms with Gasteiger partial charge >= 0.3 is 0 Å². The number of nitrogens with zero attached hydrogens (tertiary/aromatic N) is 1. The first-order valence-electron chi connectivity index (χ1n) is 10.0. The van der Waals surface area contributed by atoms with Gasteiger partial charge in [0.1, 0.15) is 24.4 Å². The summed E-state index contributed by atoms with van der Waals surface area (Å²) in [5.41, 5.74) is 4.85. The molecule has 30 heavy (non-hydrogen) atoms. The van der Waals surface area contributed by atoms with Gasteiger partial charge in [-0.15, -0.1) is 0 Å². The molecule has 0 amide bonds. The molecule has 0 aliphatic carbocycles. The van der Waals surface area contributed by atoms with Crippen LogP contribution in [0.5, 0.6) is 0 Å². The predicted molar refractivity (Wildman–Crippen MR) is 111 cm³/mol. The van der Waals surface area contributed by atoms with Gasteiger partial charge < -0.3 is 34.8 Å². The monoisotopic (exact) mass is 413 g/mol. The highest BCUT2D eigenvalue weighted by Crippen LogP contribution is 2.35. The first kappa shape index (κ1) is 21.0. The van der Waals surface area contributed by atoms with Crippen LogP contribution in [0.1, 0.15) is 28.5 Å². The summed E-state index contributed by atoms with van der Waals surface area (Å²) >= 11 is 0. The standard InChI is InChI=1S/C23H27NO6/c1-13-3-2-4-17-19(13)16(9-14-5-7-15(11-25)8-6-14)10-24(17)23-22(29)21(28)20(27)18(12-26)30-23/h2-8,10,18,20-23,25-29H,9,11-12H2,1H3/t18-,20-,21+,22-,23-/m1/s1. The lowest BCUT2D eigenvalue weighted by molar-refractivity contribution is -0.250. The van der Waals surface area contributed by atoms with Crippen molar-refractivity contribution in [1.82, 2.24) is 4.57 Å². The summed E-state index contributed by atoms with van der Waals surface area (Å²) in [6.45, 7) is 1.54. The van der Waals surface area contributed by atoms with Gasteiger partial charge in [0.25, 0.3) is 0 Å². The molecule has 3 aromatic rings. The predicted octanol–water partition coefficient (Wildman–Crippen LogP) is 1.01. The van der Waals surface area contributed by atoms with Crippen LogP contribution >= 0.6 is 0 Å². The average Bonchev–Trinajstić information content (AvgIpc) is 3.12. The highest BCUT2D eigenvalue weighted by molar-refractivity contribution is 5.87. The maximum atomic E-state index is 10.6. The molecule has 1 aromatic heterocycles. The Morgan fingerprint density at radius 1 is 0.900 bits per heavy atom. The van der Waals surface area contributed by atoms with E-state index in [1.54, 1.807) is 4.57 Å². The van der Waals surface area contributed by atoms with Gasteiger partial charge in [-0.05, 0) is 41.7 Å². The Bertz CT molecular complexity index is 1010. The van der Waals surface area contributed by atoms with Crippen molar-refractivity contribution in [2.45, 2.75) is 50.6 Å². The SMILES string of the molecule is Cc1cccc2c1c(Cc1ccc(CO)cc1)cn2[C@@H]1O[C@H](CO)[C@@H](O)[C@H](O)[C@H]1O. The van der Waals surface area contributed by atoms with Gasteiger partial charge in [-0.25, -0.2) is 0 Å². The molecule has 7 nitrogen and oxygen atoms in total. The van der Waals surface area contributed by atoms with E-state index in [1.165, 1.54) is 0 Å². The van der Waals surface area contributed by atoms with E-state index in [0.29, 0.717) is 6.42 Å². The lowest BCUT2D eigenvalue weighted by Crippen LogP contribution is -2.56. The molecule has 2 aromatic carbocycles. The van der Waals surface area contributed by atoms with E-state index in [4.69, 9.17) is 4.74 Å². The molecule has 7 heteroatoms. The van der Waals surface area contributed by atoms with Crippen LogP contribution in [-0.2, 0) is 17.8 Å². The molecule has 0 unspecified atom stereocenters. The van der Waals surface area contributed by atoms with Gasteiger partial charge in [0.05, 0.1) is 18.7 Å². The van der Waals surface area contributed by atoms with E-state index in [2.05, 4.69) is 0 Å². The second kappa shape index (κ2) is 8.47. The number of fused-ring (bicyclic) bond motifs is 1. The quantitative estimate of drug-likeness (QED) is 0.426. The summed E-state index contributed by atoms with van der Waals surface area (Å²) < 4.78 is 7.55. The van der Waals surface area contributed by atoms with Crippen molar-refractivity contribution in [3.8, 4) is 0 Å². The Labute approximate surface area is 174 Å². The van der Waals surface area contributed by atoms with E-state index in [9.17, 15) is 25.5 Å². The van der Waals surface area contributed by atoms with Crippen molar-refractivity contribution in [1.29, 1.82) is 0 Å².